The molecular formula is C20H18F3N5O3S. The van der Waals surface area contributed by atoms with Crippen LogP contribution < -0.4 is 5.73 Å². The lowest BCUT2D eigenvalue weighted by Gasteiger charge is -2.35. The molecule has 2 unspecified atom stereocenters. The van der Waals surface area contributed by atoms with Crippen LogP contribution in [0.5, 0.6) is 0 Å². The predicted molar refractivity (Wildman–Crippen MR) is 109 cm³/mol. The number of alkyl halides is 3. The second kappa shape index (κ2) is 8.43. The second-order valence-corrected chi connectivity index (χ2v) is 8.16. The predicted octanol–water partition coefficient (Wildman–Crippen LogP) is 3.49. The number of nitrogens with one attached hydrogen (secondary N) is 1. The Labute approximate surface area is 184 Å². The largest absolute Gasteiger partial charge is 0.469 e. The Kier molecular flexibility index (Phi) is 5.82. The van der Waals surface area contributed by atoms with Gasteiger partial charge in [-0.2, -0.15) is 17.9 Å². The van der Waals surface area contributed by atoms with Gasteiger partial charge in [0.15, 0.2) is 17.1 Å². The molecule has 12 heteroatoms. The molecule has 3 N–H and O–H groups in total. The van der Waals surface area contributed by atoms with E-state index in [-0.39, 0.29) is 29.0 Å². The van der Waals surface area contributed by atoms with E-state index in [0.717, 1.165) is 22.0 Å². The number of furan rings is 1. The van der Waals surface area contributed by atoms with Gasteiger partial charge >= 0.3 is 6.18 Å². The summed E-state index contributed by atoms with van der Waals surface area (Å²) < 4.78 is 50.2. The van der Waals surface area contributed by atoms with Crippen LogP contribution in [0.25, 0.3) is 0 Å². The highest BCUT2D eigenvalue weighted by molar-refractivity contribution is 7.98. The lowest BCUT2D eigenvalue weighted by molar-refractivity contribution is -0.272. The number of benzene rings is 1. The van der Waals surface area contributed by atoms with Gasteiger partial charge in [-0.05, 0) is 18.6 Å². The molecular weight excluding hydrogens is 447 g/mol. The number of aryl methyl sites for hydroxylation is 1. The highest BCUT2D eigenvalue weighted by Gasteiger charge is 2.54. The van der Waals surface area contributed by atoms with Gasteiger partial charge in [-0.15, -0.1) is 5.10 Å². The minimum absolute atomic E-state index is 0.0588. The van der Waals surface area contributed by atoms with E-state index in [4.69, 9.17) is 15.6 Å². The molecule has 0 spiro atoms. The molecule has 0 bridgehead atoms. The van der Waals surface area contributed by atoms with Gasteiger partial charge < -0.3 is 14.9 Å². The summed E-state index contributed by atoms with van der Waals surface area (Å²) in [7, 11) is 0. The quantitative estimate of drug-likeness (QED) is 0.325. The van der Waals surface area contributed by atoms with Gasteiger partial charge in [-0.1, -0.05) is 36.0 Å². The first-order chi connectivity index (χ1) is 15.1. The summed E-state index contributed by atoms with van der Waals surface area (Å²) >= 11 is 1.16. The molecule has 0 saturated carbocycles. The Balaban J connectivity index is 1.61. The minimum atomic E-state index is -4.55. The number of rotatable bonds is 6. The normalized spacial score (nSPS) is 18.4. The highest BCUT2D eigenvalue weighted by atomic mass is 32.2. The number of thioether (sulfide) groups is 1. The van der Waals surface area contributed by atoms with E-state index in [2.05, 4.69) is 14.8 Å². The molecule has 3 aromatic rings. The van der Waals surface area contributed by atoms with Crippen LogP contribution in [-0.2, 0) is 10.5 Å². The number of amidine groups is 1. The monoisotopic (exact) mass is 465 g/mol. The Morgan fingerprint density at radius 1 is 1.31 bits per heavy atom. The molecule has 32 heavy (non-hydrogen) atoms. The van der Waals surface area contributed by atoms with Crippen molar-refractivity contribution in [2.24, 2.45) is 5.73 Å². The van der Waals surface area contributed by atoms with Crippen molar-refractivity contribution in [3.05, 3.63) is 64.9 Å². The number of nitrogen functional groups attached to an aromatic ring is 1. The fraction of sp³-hybridized carbons (Fsp3) is 0.300. The Morgan fingerprint density at radius 3 is 2.56 bits per heavy atom. The number of hydrogen-bond acceptors (Lipinski definition) is 7. The van der Waals surface area contributed by atoms with Gasteiger partial charge in [-0.25, -0.2) is 4.98 Å². The lowest BCUT2D eigenvalue weighted by atomic mass is 9.97. The maximum Gasteiger partial charge on any atom is 0.415 e. The maximum absolute atomic E-state index is 13.1. The molecule has 168 valence electrons. The summed E-state index contributed by atoms with van der Waals surface area (Å²) in [5, 5.41) is 11.7. The first-order valence-corrected chi connectivity index (χ1v) is 10.4. The van der Waals surface area contributed by atoms with E-state index < -0.39 is 24.1 Å². The Morgan fingerprint density at radius 2 is 2.03 bits per heavy atom. The van der Waals surface area contributed by atoms with Crippen LogP contribution in [-0.4, -0.2) is 45.4 Å². The summed E-state index contributed by atoms with van der Waals surface area (Å²) in [4.78, 5) is 17.2. The minimum Gasteiger partial charge on any atom is -0.469 e. The number of nitrogens with zero attached hydrogens (tertiary/aromatic N) is 3. The van der Waals surface area contributed by atoms with Crippen LogP contribution >= 0.6 is 11.8 Å². The smallest absolute Gasteiger partial charge is 0.415 e. The van der Waals surface area contributed by atoms with E-state index in [1.165, 1.54) is 12.3 Å². The molecule has 2 aromatic heterocycles. The molecule has 2 atom stereocenters. The molecule has 1 aliphatic rings. The third-order valence-electron chi connectivity index (χ3n) is 4.87. The van der Waals surface area contributed by atoms with Crippen LogP contribution in [0.3, 0.4) is 0 Å². The van der Waals surface area contributed by atoms with Crippen molar-refractivity contribution < 1.29 is 27.1 Å². The molecule has 1 aliphatic heterocycles. The summed E-state index contributed by atoms with van der Waals surface area (Å²) in [6.45, 7) is 1.49. The molecule has 4 rings (SSSR count). The number of nitrogens with two attached hydrogens (primary N) is 1. The second-order valence-electron chi connectivity index (χ2n) is 7.22. The van der Waals surface area contributed by atoms with E-state index in [0.29, 0.717) is 17.1 Å². The van der Waals surface area contributed by atoms with Crippen LogP contribution in [0.4, 0.5) is 13.2 Å². The van der Waals surface area contributed by atoms with Gasteiger partial charge in [0.2, 0.25) is 0 Å². The van der Waals surface area contributed by atoms with Gasteiger partial charge in [-0.3, -0.25) is 10.2 Å². The lowest BCUT2D eigenvalue weighted by Crippen LogP contribution is -2.48. The van der Waals surface area contributed by atoms with Gasteiger partial charge in [0.25, 0.3) is 5.91 Å². The van der Waals surface area contributed by atoms with Crippen molar-refractivity contribution in [1.29, 1.82) is 5.41 Å². The molecule has 0 aliphatic carbocycles. The zero-order valence-corrected chi connectivity index (χ0v) is 17.5. The number of halogens is 3. The average Bonchev–Trinajstić information content (AvgIpc) is 3.30. The van der Waals surface area contributed by atoms with Crippen molar-refractivity contribution >= 4 is 23.5 Å². The Bertz CT molecular complexity index is 1160. The number of aromatic nitrogens is 3. The van der Waals surface area contributed by atoms with Gasteiger partial charge in [0.05, 0.1) is 18.1 Å². The van der Waals surface area contributed by atoms with Crippen molar-refractivity contribution in [3.8, 4) is 0 Å². The molecule has 1 aromatic carbocycles. The number of ether oxygens (including phenoxy) is 1. The highest BCUT2D eigenvalue weighted by Crippen LogP contribution is 2.40. The molecule has 3 heterocycles. The van der Waals surface area contributed by atoms with E-state index in [1.54, 1.807) is 31.2 Å². The number of hydrogen-bond donors (Lipinski definition) is 2. The van der Waals surface area contributed by atoms with E-state index in [9.17, 15) is 18.0 Å². The van der Waals surface area contributed by atoms with Crippen LogP contribution in [0, 0.1) is 12.3 Å². The third kappa shape index (κ3) is 4.41. The third-order valence-corrected chi connectivity index (χ3v) is 5.87. The summed E-state index contributed by atoms with van der Waals surface area (Å²) in [6, 6.07) is 8.43. The number of carbonyl (C=O) groups is 1. The van der Waals surface area contributed by atoms with E-state index in [1.807, 2.05) is 0 Å². The fourth-order valence-corrected chi connectivity index (χ4v) is 4.02. The SMILES string of the molecule is Cc1cc(C(=O)n2nc(C3COC3C(F)(F)F)nc2SCc2ccc(C(=N)N)cc2)co1. The summed E-state index contributed by atoms with van der Waals surface area (Å²) in [6.07, 6.45) is -5.29. The molecule has 0 radical (unpaired) electrons. The van der Waals surface area contributed by atoms with Crippen LogP contribution in [0.2, 0.25) is 0 Å². The average molecular weight is 465 g/mol. The molecule has 8 nitrogen and oxygen atoms in total. The van der Waals surface area contributed by atoms with Crippen LogP contribution in [0.1, 0.15) is 39.0 Å². The maximum atomic E-state index is 13.1. The topological polar surface area (TPSA) is 120 Å². The zero-order chi connectivity index (χ0) is 23.0. The number of carbonyl (C=O) groups excluding carboxylic acids is 1. The van der Waals surface area contributed by atoms with Crippen molar-refractivity contribution in [2.75, 3.05) is 6.61 Å². The first-order valence-electron chi connectivity index (χ1n) is 9.44. The summed E-state index contributed by atoms with van der Waals surface area (Å²) in [5.74, 6) is -0.906. The van der Waals surface area contributed by atoms with Crippen molar-refractivity contribution in [1.82, 2.24) is 14.8 Å². The summed E-state index contributed by atoms with van der Waals surface area (Å²) in [5.41, 5.74) is 7.08. The van der Waals surface area contributed by atoms with Crippen LogP contribution in [0.15, 0.2) is 46.2 Å². The fourth-order valence-electron chi connectivity index (χ4n) is 3.12. The van der Waals surface area contributed by atoms with Crippen molar-refractivity contribution in [2.45, 2.75) is 36.0 Å². The van der Waals surface area contributed by atoms with Gasteiger partial charge in [0.1, 0.15) is 17.9 Å². The molecule has 0 amide bonds. The first kappa shape index (κ1) is 22.1. The Hall–Kier alpha value is -3.12. The standard InChI is InChI=1S/C20H18F3N5O3S/c1-10-6-13(7-30-10)18(29)28-19(32-9-11-2-4-12(5-3-11)16(24)25)26-17(27-28)14-8-31-15(14)20(21,22)23/h2-7,14-15H,8-9H2,1H3,(H3,24,25). The zero-order valence-electron chi connectivity index (χ0n) is 16.7. The molecule has 1 fully saturated rings. The molecule has 1 saturated heterocycles. The van der Waals surface area contributed by atoms with E-state index >= 15 is 0 Å². The van der Waals surface area contributed by atoms with Crippen molar-refractivity contribution in [3.63, 3.8) is 0 Å². The van der Waals surface area contributed by atoms with Gasteiger partial charge in [0, 0.05) is 11.3 Å².